The molecular formula is C25H31ClN2O6. The van der Waals surface area contributed by atoms with Gasteiger partial charge in [-0.15, -0.1) is 6.58 Å². The van der Waals surface area contributed by atoms with Gasteiger partial charge in [0, 0.05) is 17.3 Å². The van der Waals surface area contributed by atoms with Crippen LogP contribution in [0.25, 0.3) is 0 Å². The lowest BCUT2D eigenvalue weighted by Crippen LogP contribution is -2.60. The Morgan fingerprint density at radius 2 is 2.06 bits per heavy atom. The average Bonchev–Trinajstić information content (AvgIpc) is 3.46. The quantitative estimate of drug-likeness (QED) is 0.515. The highest BCUT2D eigenvalue weighted by molar-refractivity contribution is 6.30. The summed E-state index contributed by atoms with van der Waals surface area (Å²) in [5, 5.41) is 20.7. The topological polar surface area (TPSA) is 107 Å². The van der Waals surface area contributed by atoms with Gasteiger partial charge in [-0.1, -0.05) is 37.9 Å². The Morgan fingerprint density at radius 1 is 1.38 bits per heavy atom. The number of anilines is 1. The highest BCUT2D eigenvalue weighted by atomic mass is 35.5. The molecule has 4 rings (SSSR count). The molecule has 3 saturated heterocycles. The third-order valence-corrected chi connectivity index (χ3v) is 8.07. The number of aliphatic carboxylic acids is 1. The van der Waals surface area contributed by atoms with Gasteiger partial charge in [0.05, 0.1) is 30.6 Å². The summed E-state index contributed by atoms with van der Waals surface area (Å²) in [6.45, 7) is 7.48. The van der Waals surface area contributed by atoms with Crippen molar-refractivity contribution in [2.75, 3.05) is 18.1 Å². The van der Waals surface area contributed by atoms with E-state index in [4.69, 9.17) is 16.3 Å². The fourth-order valence-corrected chi connectivity index (χ4v) is 6.17. The minimum atomic E-state index is -1.24. The summed E-state index contributed by atoms with van der Waals surface area (Å²) in [7, 11) is 0. The Hall–Kier alpha value is -2.42. The number of rotatable bonds is 9. The summed E-state index contributed by atoms with van der Waals surface area (Å²) < 4.78 is 6.26. The molecule has 3 fully saturated rings. The van der Waals surface area contributed by atoms with Crippen LogP contribution in [-0.2, 0) is 19.1 Å². The number of hydrogen-bond acceptors (Lipinski definition) is 5. The Morgan fingerprint density at radius 3 is 2.62 bits per heavy atom. The number of aliphatic hydroxyl groups excluding tert-OH is 1. The number of likely N-dealkylation sites (tertiary alicyclic amines) is 1. The molecule has 34 heavy (non-hydrogen) atoms. The number of carbonyl (C=O) groups is 3. The summed E-state index contributed by atoms with van der Waals surface area (Å²) in [6.07, 6.45) is 2.53. The molecule has 0 aromatic heterocycles. The van der Waals surface area contributed by atoms with Crippen LogP contribution in [0.4, 0.5) is 5.69 Å². The zero-order valence-corrected chi connectivity index (χ0v) is 20.1. The highest BCUT2D eigenvalue weighted by Gasteiger charge is 2.75. The molecule has 3 aliphatic heterocycles. The van der Waals surface area contributed by atoms with Crippen LogP contribution in [0.3, 0.4) is 0 Å². The Balaban J connectivity index is 1.84. The lowest BCUT2D eigenvalue weighted by molar-refractivity contribution is -0.151. The SMILES string of the molecule is C=CCN(C(=O)[C@H]1N([C@@H](CO)[C@@H](C)CC)C(=O)[C@@H]2[C@@H](C(=O)O)[C@H]3CC[C@]21O3)c1ccc(Cl)cc1. The van der Waals surface area contributed by atoms with Gasteiger partial charge in [0.15, 0.2) is 0 Å². The Kier molecular flexibility index (Phi) is 6.77. The highest BCUT2D eigenvalue weighted by Crippen LogP contribution is 2.59. The van der Waals surface area contributed by atoms with Crippen LogP contribution in [0.1, 0.15) is 33.1 Å². The summed E-state index contributed by atoms with van der Waals surface area (Å²) in [5.74, 6) is -3.99. The van der Waals surface area contributed by atoms with Crippen molar-refractivity contribution in [2.24, 2.45) is 17.8 Å². The first-order valence-corrected chi connectivity index (χ1v) is 12.1. The van der Waals surface area contributed by atoms with Gasteiger partial charge in [0.1, 0.15) is 11.6 Å². The lowest BCUT2D eigenvalue weighted by atomic mass is 9.70. The van der Waals surface area contributed by atoms with Crippen molar-refractivity contribution in [3.05, 3.63) is 41.9 Å². The van der Waals surface area contributed by atoms with Crippen LogP contribution < -0.4 is 4.90 Å². The van der Waals surface area contributed by atoms with Gasteiger partial charge < -0.3 is 24.7 Å². The van der Waals surface area contributed by atoms with Gasteiger partial charge in [-0.2, -0.15) is 0 Å². The smallest absolute Gasteiger partial charge is 0.310 e. The second-order valence-corrected chi connectivity index (χ2v) is 9.93. The molecule has 1 aromatic carbocycles. The number of fused-ring (bicyclic) bond motifs is 1. The molecule has 2 bridgehead atoms. The van der Waals surface area contributed by atoms with Crippen molar-refractivity contribution >= 4 is 35.1 Å². The van der Waals surface area contributed by atoms with E-state index in [1.165, 1.54) is 9.80 Å². The number of amides is 2. The molecule has 0 unspecified atom stereocenters. The van der Waals surface area contributed by atoms with E-state index in [1.807, 2.05) is 13.8 Å². The van der Waals surface area contributed by atoms with Crippen LogP contribution >= 0.6 is 11.6 Å². The van der Waals surface area contributed by atoms with Crippen molar-refractivity contribution < 1.29 is 29.3 Å². The zero-order valence-electron chi connectivity index (χ0n) is 19.4. The maximum absolute atomic E-state index is 14.3. The van der Waals surface area contributed by atoms with Crippen LogP contribution in [0.2, 0.25) is 5.02 Å². The fraction of sp³-hybridized carbons (Fsp3) is 0.560. The van der Waals surface area contributed by atoms with Crippen LogP contribution in [0, 0.1) is 17.8 Å². The maximum Gasteiger partial charge on any atom is 0.310 e. The largest absolute Gasteiger partial charge is 0.481 e. The number of carboxylic acids is 1. The van der Waals surface area contributed by atoms with Crippen LogP contribution in [0.5, 0.6) is 0 Å². The van der Waals surface area contributed by atoms with E-state index in [2.05, 4.69) is 6.58 Å². The number of aliphatic hydroxyl groups is 1. The first-order valence-electron chi connectivity index (χ1n) is 11.7. The van der Waals surface area contributed by atoms with Crippen LogP contribution in [0.15, 0.2) is 36.9 Å². The van der Waals surface area contributed by atoms with Gasteiger partial charge in [-0.25, -0.2) is 0 Å². The number of benzene rings is 1. The second kappa shape index (κ2) is 9.32. The third kappa shape index (κ3) is 3.63. The molecule has 184 valence electrons. The van der Waals surface area contributed by atoms with E-state index in [1.54, 1.807) is 30.3 Å². The zero-order chi connectivity index (χ0) is 24.8. The van der Waals surface area contributed by atoms with Crippen molar-refractivity contribution in [3.63, 3.8) is 0 Å². The van der Waals surface area contributed by atoms with Gasteiger partial charge in [-0.05, 0) is 43.0 Å². The molecule has 3 heterocycles. The first kappa shape index (κ1) is 24.7. The van der Waals surface area contributed by atoms with E-state index < -0.39 is 47.5 Å². The molecule has 9 heteroatoms. The van der Waals surface area contributed by atoms with Crippen molar-refractivity contribution in [1.29, 1.82) is 0 Å². The van der Waals surface area contributed by atoms with E-state index in [0.29, 0.717) is 30.0 Å². The maximum atomic E-state index is 14.3. The molecular weight excluding hydrogens is 460 g/mol. The number of carbonyl (C=O) groups excluding carboxylic acids is 2. The molecule has 0 saturated carbocycles. The molecule has 1 spiro atoms. The first-order chi connectivity index (χ1) is 16.2. The second-order valence-electron chi connectivity index (χ2n) is 9.49. The summed E-state index contributed by atoms with van der Waals surface area (Å²) in [5.41, 5.74) is -0.665. The van der Waals surface area contributed by atoms with E-state index in [9.17, 15) is 24.6 Å². The number of hydrogen-bond donors (Lipinski definition) is 2. The molecule has 2 N–H and O–H groups in total. The summed E-state index contributed by atoms with van der Waals surface area (Å²) in [6, 6.07) is 5.08. The molecule has 3 aliphatic rings. The van der Waals surface area contributed by atoms with E-state index >= 15 is 0 Å². The molecule has 0 aliphatic carbocycles. The molecule has 8 nitrogen and oxygen atoms in total. The minimum Gasteiger partial charge on any atom is -0.481 e. The van der Waals surface area contributed by atoms with E-state index in [-0.39, 0.29) is 25.0 Å². The predicted octanol–water partition coefficient (Wildman–Crippen LogP) is 2.73. The summed E-state index contributed by atoms with van der Waals surface area (Å²) >= 11 is 6.04. The Bertz CT molecular complexity index is 984. The lowest BCUT2D eigenvalue weighted by Gasteiger charge is -2.40. The van der Waals surface area contributed by atoms with Crippen LogP contribution in [-0.4, -0.2) is 69.8 Å². The normalized spacial score (nSPS) is 31.3. The molecule has 1 aromatic rings. The van der Waals surface area contributed by atoms with Crippen molar-refractivity contribution in [2.45, 2.75) is 56.9 Å². The van der Waals surface area contributed by atoms with Gasteiger partial charge in [0.25, 0.3) is 5.91 Å². The fourth-order valence-electron chi connectivity index (χ4n) is 6.04. The monoisotopic (exact) mass is 490 g/mol. The number of halogens is 1. The standard InChI is InChI=1S/C25H31ClN2O6/c1-4-12-27(16-8-6-15(26)7-9-16)23(31)21-25-11-10-18(34-25)19(24(32)33)20(25)22(30)28(21)17(13-29)14(3)5-2/h4,6-9,14,17-21,29H,1,5,10-13H2,2-3H3,(H,32,33)/t14-,17-,18+,19-,20-,21+,25-/m0/s1. The predicted molar refractivity (Wildman–Crippen MR) is 126 cm³/mol. The van der Waals surface area contributed by atoms with E-state index in [0.717, 1.165) is 0 Å². The number of nitrogens with zero attached hydrogens (tertiary/aromatic N) is 2. The molecule has 0 radical (unpaired) electrons. The number of carboxylic acid groups (broad SMARTS) is 1. The number of ether oxygens (including phenoxy) is 1. The Labute approximate surface area is 204 Å². The average molecular weight is 491 g/mol. The third-order valence-electron chi connectivity index (χ3n) is 7.82. The minimum absolute atomic E-state index is 0.108. The molecule has 7 atom stereocenters. The van der Waals surface area contributed by atoms with Crippen molar-refractivity contribution in [3.8, 4) is 0 Å². The van der Waals surface area contributed by atoms with Gasteiger partial charge in [-0.3, -0.25) is 14.4 Å². The van der Waals surface area contributed by atoms with Gasteiger partial charge >= 0.3 is 5.97 Å². The van der Waals surface area contributed by atoms with Crippen molar-refractivity contribution in [1.82, 2.24) is 4.90 Å². The molecule has 2 amide bonds. The van der Waals surface area contributed by atoms with Gasteiger partial charge in [0.2, 0.25) is 5.91 Å². The summed E-state index contributed by atoms with van der Waals surface area (Å²) in [4.78, 5) is 43.2.